The van der Waals surface area contributed by atoms with E-state index in [2.05, 4.69) is 20.5 Å². The Kier molecular flexibility index (Phi) is 3.52. The fourth-order valence-electron chi connectivity index (χ4n) is 1.33. The van der Waals surface area contributed by atoms with Gasteiger partial charge in [-0.2, -0.15) is 5.10 Å². The number of rotatable bonds is 3. The first-order chi connectivity index (χ1) is 8.97. The molecule has 2 N–H and O–H groups in total. The van der Waals surface area contributed by atoms with Gasteiger partial charge >= 0.3 is 0 Å². The summed E-state index contributed by atoms with van der Waals surface area (Å²) in [5.41, 5.74) is 2.83. The molecule has 19 heavy (non-hydrogen) atoms. The Morgan fingerprint density at radius 1 is 1.37 bits per heavy atom. The van der Waals surface area contributed by atoms with Gasteiger partial charge in [0.2, 0.25) is 0 Å². The molecule has 0 saturated carbocycles. The molecule has 0 spiro atoms. The Morgan fingerprint density at radius 2 is 2.05 bits per heavy atom. The number of hydrogen-bond acceptors (Lipinski definition) is 5. The molecule has 2 rings (SSSR count). The van der Waals surface area contributed by atoms with Gasteiger partial charge in [-0.1, -0.05) is 12.1 Å². The fourth-order valence-corrected chi connectivity index (χ4v) is 1.33. The van der Waals surface area contributed by atoms with E-state index in [4.69, 9.17) is 0 Å². The number of hydrogen-bond donors (Lipinski definition) is 2. The van der Waals surface area contributed by atoms with Gasteiger partial charge in [0.25, 0.3) is 5.91 Å². The van der Waals surface area contributed by atoms with E-state index in [1.165, 1.54) is 20.1 Å². The Bertz CT molecular complexity index is 632. The molecule has 0 fully saturated rings. The molecule has 6 nitrogen and oxygen atoms in total. The topological polar surface area (TPSA) is 87.5 Å². The molecule has 0 saturated heterocycles. The highest BCUT2D eigenvalue weighted by Crippen LogP contribution is 2.07. The molecule has 0 unspecified atom stereocenters. The lowest BCUT2D eigenvalue weighted by molar-refractivity contribution is -0.136. The van der Waals surface area contributed by atoms with Crippen molar-refractivity contribution in [2.45, 2.75) is 19.4 Å². The van der Waals surface area contributed by atoms with Crippen LogP contribution in [-0.2, 0) is 4.79 Å². The number of aliphatic hydroxyl groups is 1. The first-order valence-corrected chi connectivity index (χ1v) is 5.74. The Morgan fingerprint density at radius 3 is 2.74 bits per heavy atom. The summed E-state index contributed by atoms with van der Waals surface area (Å²) in [4.78, 5) is 19.9. The molecular weight excluding hydrogens is 244 g/mol. The molecule has 1 aromatic carbocycles. The molecule has 0 atom stereocenters. The van der Waals surface area contributed by atoms with Gasteiger partial charge in [-0.25, -0.2) is 10.4 Å². The van der Waals surface area contributed by atoms with E-state index in [0.717, 1.165) is 11.0 Å². The number of hydrazone groups is 1. The molecule has 0 aliphatic rings. The largest absolute Gasteiger partial charge is 0.381 e. The third-order valence-electron chi connectivity index (χ3n) is 2.39. The Balaban J connectivity index is 2.11. The predicted octanol–water partition coefficient (Wildman–Crippen LogP) is 0.851. The van der Waals surface area contributed by atoms with Crippen LogP contribution in [0.3, 0.4) is 0 Å². The van der Waals surface area contributed by atoms with Crippen LogP contribution in [0.2, 0.25) is 0 Å². The summed E-state index contributed by atoms with van der Waals surface area (Å²) in [6.07, 6.45) is 2.94. The molecule has 0 bridgehead atoms. The molecule has 0 radical (unpaired) electrons. The number of aromatic nitrogens is 2. The summed E-state index contributed by atoms with van der Waals surface area (Å²) in [6.45, 7) is 2.77. The van der Waals surface area contributed by atoms with E-state index in [0.29, 0.717) is 5.69 Å². The number of fused-ring (bicyclic) bond motifs is 1. The summed E-state index contributed by atoms with van der Waals surface area (Å²) >= 11 is 0. The van der Waals surface area contributed by atoms with Crippen LogP contribution in [0.4, 0.5) is 0 Å². The first-order valence-electron chi connectivity index (χ1n) is 5.74. The lowest BCUT2D eigenvalue weighted by atomic mass is 10.1. The van der Waals surface area contributed by atoms with Crippen molar-refractivity contribution in [2.75, 3.05) is 0 Å². The SMILES string of the molecule is CC(C)(O)C(=O)N/N=C/c1cnc2ccccc2n1. The zero-order valence-electron chi connectivity index (χ0n) is 10.7. The van der Waals surface area contributed by atoms with Gasteiger partial charge in [0.15, 0.2) is 0 Å². The monoisotopic (exact) mass is 258 g/mol. The smallest absolute Gasteiger partial charge is 0.271 e. The summed E-state index contributed by atoms with van der Waals surface area (Å²) in [7, 11) is 0. The van der Waals surface area contributed by atoms with Gasteiger partial charge in [-0.15, -0.1) is 0 Å². The number of amides is 1. The van der Waals surface area contributed by atoms with Gasteiger partial charge in [0.05, 0.1) is 23.4 Å². The maximum atomic E-state index is 11.4. The minimum Gasteiger partial charge on any atom is -0.381 e. The zero-order chi connectivity index (χ0) is 13.9. The maximum absolute atomic E-state index is 11.4. The quantitative estimate of drug-likeness (QED) is 0.631. The summed E-state index contributed by atoms with van der Waals surface area (Å²) in [5.74, 6) is -0.586. The van der Waals surface area contributed by atoms with Crippen LogP contribution >= 0.6 is 0 Å². The van der Waals surface area contributed by atoms with Crippen molar-refractivity contribution in [3.05, 3.63) is 36.2 Å². The maximum Gasteiger partial charge on any atom is 0.271 e. The van der Waals surface area contributed by atoms with Crippen molar-refractivity contribution in [1.82, 2.24) is 15.4 Å². The minimum absolute atomic E-state index is 0.523. The van der Waals surface area contributed by atoms with Crippen LogP contribution in [0.1, 0.15) is 19.5 Å². The highest BCUT2D eigenvalue weighted by Gasteiger charge is 2.22. The average Bonchev–Trinajstić information content (AvgIpc) is 2.37. The normalized spacial score (nSPS) is 11.9. The molecule has 0 aliphatic carbocycles. The predicted molar refractivity (Wildman–Crippen MR) is 71.6 cm³/mol. The van der Waals surface area contributed by atoms with Crippen LogP contribution in [0.5, 0.6) is 0 Å². The second-order valence-corrected chi connectivity index (χ2v) is 4.54. The molecule has 1 amide bonds. The van der Waals surface area contributed by atoms with Crippen molar-refractivity contribution >= 4 is 23.2 Å². The number of nitrogens with one attached hydrogen (secondary N) is 1. The molecule has 0 aliphatic heterocycles. The van der Waals surface area contributed by atoms with E-state index >= 15 is 0 Å². The molecule has 6 heteroatoms. The number of nitrogens with zero attached hydrogens (tertiary/aromatic N) is 3. The molecular formula is C13H14N4O2. The molecule has 1 heterocycles. The van der Waals surface area contributed by atoms with E-state index in [1.807, 2.05) is 24.3 Å². The Hall–Kier alpha value is -2.34. The van der Waals surface area contributed by atoms with Crippen LogP contribution in [0.15, 0.2) is 35.6 Å². The van der Waals surface area contributed by atoms with Crippen molar-refractivity contribution in [3.63, 3.8) is 0 Å². The summed E-state index contributed by atoms with van der Waals surface area (Å²) in [5, 5.41) is 13.1. The van der Waals surface area contributed by atoms with Gasteiger partial charge in [0, 0.05) is 0 Å². The fraction of sp³-hybridized carbons (Fsp3) is 0.231. The lowest BCUT2D eigenvalue weighted by Crippen LogP contribution is -2.39. The van der Waals surface area contributed by atoms with E-state index in [-0.39, 0.29) is 0 Å². The molecule has 98 valence electrons. The number of para-hydroxylation sites is 2. The van der Waals surface area contributed by atoms with Crippen LogP contribution in [0, 0.1) is 0 Å². The Labute approximate surface area is 110 Å². The summed E-state index contributed by atoms with van der Waals surface area (Å²) < 4.78 is 0. The van der Waals surface area contributed by atoms with Crippen molar-refractivity contribution in [3.8, 4) is 0 Å². The third kappa shape index (κ3) is 3.32. The standard InChI is InChI=1S/C13H14N4O2/c1-13(2,19)12(18)17-15-8-9-7-14-10-5-3-4-6-11(10)16-9/h3-8,19H,1-2H3,(H,17,18)/b15-8+. The number of carbonyl (C=O) groups excluding carboxylic acids is 1. The second-order valence-electron chi connectivity index (χ2n) is 4.54. The highest BCUT2D eigenvalue weighted by molar-refractivity contribution is 5.86. The van der Waals surface area contributed by atoms with Gasteiger partial charge in [-0.05, 0) is 26.0 Å². The van der Waals surface area contributed by atoms with E-state index in [9.17, 15) is 9.90 Å². The molecule has 2 aromatic rings. The van der Waals surface area contributed by atoms with Crippen molar-refractivity contribution in [2.24, 2.45) is 5.10 Å². The second kappa shape index (κ2) is 5.11. The van der Waals surface area contributed by atoms with Crippen molar-refractivity contribution < 1.29 is 9.90 Å². The van der Waals surface area contributed by atoms with Crippen LogP contribution in [0.25, 0.3) is 11.0 Å². The number of carbonyl (C=O) groups is 1. The zero-order valence-corrected chi connectivity index (χ0v) is 10.7. The van der Waals surface area contributed by atoms with Crippen LogP contribution in [-0.4, -0.2) is 32.8 Å². The first kappa shape index (κ1) is 13.1. The van der Waals surface area contributed by atoms with Gasteiger partial charge in [-0.3, -0.25) is 9.78 Å². The van der Waals surface area contributed by atoms with Crippen molar-refractivity contribution in [1.29, 1.82) is 0 Å². The average molecular weight is 258 g/mol. The van der Waals surface area contributed by atoms with Gasteiger partial charge < -0.3 is 5.11 Å². The molecule has 1 aromatic heterocycles. The number of benzene rings is 1. The highest BCUT2D eigenvalue weighted by atomic mass is 16.3. The third-order valence-corrected chi connectivity index (χ3v) is 2.39. The summed E-state index contributed by atoms with van der Waals surface area (Å²) in [6, 6.07) is 7.46. The van der Waals surface area contributed by atoms with E-state index < -0.39 is 11.5 Å². The minimum atomic E-state index is -1.47. The van der Waals surface area contributed by atoms with Gasteiger partial charge in [0.1, 0.15) is 11.3 Å². The van der Waals surface area contributed by atoms with Crippen LogP contribution < -0.4 is 5.43 Å². The van der Waals surface area contributed by atoms with E-state index in [1.54, 1.807) is 6.20 Å². The lowest BCUT2D eigenvalue weighted by Gasteiger charge is -2.13.